The highest BCUT2D eigenvalue weighted by molar-refractivity contribution is 5.00. The lowest BCUT2D eigenvalue weighted by atomic mass is 9.86. The number of hydrogen-bond donors (Lipinski definition) is 1. The van der Waals surface area contributed by atoms with Crippen molar-refractivity contribution < 1.29 is 0 Å². The second-order valence-electron chi connectivity index (χ2n) is 22.5. The van der Waals surface area contributed by atoms with Gasteiger partial charge in [-0.1, -0.05) is 263 Å². The molecule has 0 bridgehead atoms. The van der Waals surface area contributed by atoms with Crippen molar-refractivity contribution in [3.05, 3.63) is 36.6 Å². The fourth-order valence-corrected chi connectivity index (χ4v) is 10.9. The van der Waals surface area contributed by atoms with E-state index in [4.69, 9.17) is 0 Å². The van der Waals surface area contributed by atoms with Crippen LogP contribution in [0.5, 0.6) is 0 Å². The third-order valence-corrected chi connectivity index (χ3v) is 15.6. The van der Waals surface area contributed by atoms with Gasteiger partial charge in [0.15, 0.2) is 0 Å². The smallest absolute Gasteiger partial charge is 0.0155 e. The van der Waals surface area contributed by atoms with Gasteiger partial charge in [-0.2, -0.15) is 0 Å². The Morgan fingerprint density at radius 2 is 0.848 bits per heavy atom. The van der Waals surface area contributed by atoms with Gasteiger partial charge in [-0.25, -0.2) is 0 Å². The van der Waals surface area contributed by atoms with Crippen LogP contribution in [0, 0.1) is 11.8 Å². The highest BCUT2D eigenvalue weighted by Crippen LogP contribution is 2.29. The first kappa shape index (κ1) is 63.0. The zero-order valence-corrected chi connectivity index (χ0v) is 46.2. The number of hydrogen-bond acceptors (Lipinski definition) is 3. The lowest BCUT2D eigenvalue weighted by Gasteiger charge is -2.23. The van der Waals surface area contributed by atoms with Crippen molar-refractivity contribution in [2.24, 2.45) is 11.8 Å². The van der Waals surface area contributed by atoms with Crippen LogP contribution in [0.15, 0.2) is 36.6 Å². The summed E-state index contributed by atoms with van der Waals surface area (Å²) in [5.41, 5.74) is 4.37. The molecule has 1 aliphatic rings. The average Bonchev–Trinajstić information content (AvgIpc) is 3.32. The SMILES string of the molecule is C=C(CCCCCCCN(CCCCCCCCCC(=C)C1CCCCCCCCCCCCCC1)CCC(=C)NCCCN(C)C)CCC(CCCCCCCC)CCCCCCCC. The van der Waals surface area contributed by atoms with Crippen molar-refractivity contribution in [3.63, 3.8) is 0 Å². The predicted molar refractivity (Wildman–Crippen MR) is 301 cm³/mol. The van der Waals surface area contributed by atoms with Gasteiger partial charge in [0.25, 0.3) is 0 Å². The number of rotatable bonds is 44. The maximum Gasteiger partial charge on any atom is 0.0155 e. The highest BCUT2D eigenvalue weighted by Gasteiger charge is 2.14. The van der Waals surface area contributed by atoms with Crippen molar-refractivity contribution in [1.29, 1.82) is 0 Å². The van der Waals surface area contributed by atoms with Crippen LogP contribution in [0.4, 0.5) is 0 Å². The van der Waals surface area contributed by atoms with E-state index in [9.17, 15) is 0 Å². The van der Waals surface area contributed by atoms with Crippen LogP contribution in [0.3, 0.4) is 0 Å². The van der Waals surface area contributed by atoms with Crippen LogP contribution >= 0.6 is 0 Å². The van der Waals surface area contributed by atoms with Gasteiger partial charge in [-0.3, -0.25) is 0 Å². The molecule has 0 unspecified atom stereocenters. The Hall–Kier alpha value is -1.06. The molecule has 3 nitrogen and oxygen atoms in total. The van der Waals surface area contributed by atoms with E-state index in [1.165, 1.54) is 313 Å². The topological polar surface area (TPSA) is 18.5 Å². The zero-order valence-electron chi connectivity index (χ0n) is 46.2. The molecule has 1 N–H and O–H groups in total. The van der Waals surface area contributed by atoms with E-state index in [1.807, 2.05) is 0 Å². The van der Waals surface area contributed by atoms with Gasteiger partial charge in [0, 0.05) is 18.8 Å². The first-order valence-electron chi connectivity index (χ1n) is 30.5. The molecule has 0 aromatic heterocycles. The van der Waals surface area contributed by atoms with Gasteiger partial charge in [0.2, 0.25) is 0 Å². The molecule has 390 valence electrons. The van der Waals surface area contributed by atoms with Crippen LogP contribution in [0.25, 0.3) is 0 Å². The standard InChI is InChI=1S/C63H123N3/c1-8-10-12-14-30-38-47-62(48-39-31-15-13-11-9-2)52-51-59(3)45-36-28-27-35-43-57-66(58-53-61(5)64-54-44-55-65(6)7)56-42-34-26-22-23-29-37-46-60(4)63-49-40-32-24-20-18-16-17-19-21-25-33-41-50-63/h62-64H,3-5,8-58H2,1-2,6-7H3. The Balaban J connectivity index is 2.37. The lowest BCUT2D eigenvalue weighted by molar-refractivity contribution is 0.261. The van der Waals surface area contributed by atoms with E-state index in [-0.39, 0.29) is 0 Å². The molecule has 0 amide bonds. The molecule has 1 fully saturated rings. The van der Waals surface area contributed by atoms with E-state index in [2.05, 4.69) is 62.8 Å². The van der Waals surface area contributed by atoms with Gasteiger partial charge in [0.05, 0.1) is 0 Å². The molecule has 0 aliphatic heterocycles. The zero-order chi connectivity index (χ0) is 47.8. The van der Waals surface area contributed by atoms with Gasteiger partial charge in [0.1, 0.15) is 0 Å². The summed E-state index contributed by atoms with van der Waals surface area (Å²) < 4.78 is 0. The van der Waals surface area contributed by atoms with Crippen LogP contribution in [-0.2, 0) is 0 Å². The second-order valence-corrected chi connectivity index (χ2v) is 22.5. The number of nitrogens with one attached hydrogen (secondary N) is 1. The third-order valence-electron chi connectivity index (χ3n) is 15.6. The molecule has 1 aliphatic carbocycles. The van der Waals surface area contributed by atoms with E-state index < -0.39 is 0 Å². The normalized spacial score (nSPS) is 15.1. The van der Waals surface area contributed by atoms with Crippen molar-refractivity contribution in [3.8, 4) is 0 Å². The molecule has 0 aromatic carbocycles. The van der Waals surface area contributed by atoms with Crippen LogP contribution in [0.1, 0.15) is 309 Å². The molecule has 0 saturated heterocycles. The third kappa shape index (κ3) is 43.0. The fraction of sp³-hybridized carbons (Fsp3) is 0.905. The maximum atomic E-state index is 4.69. The first-order valence-corrected chi connectivity index (χ1v) is 30.5. The van der Waals surface area contributed by atoms with Crippen molar-refractivity contribution in [1.82, 2.24) is 15.1 Å². The monoisotopic (exact) mass is 922 g/mol. The number of unbranched alkanes of at least 4 members (excludes halogenated alkanes) is 20. The van der Waals surface area contributed by atoms with Crippen LogP contribution in [0.2, 0.25) is 0 Å². The highest BCUT2D eigenvalue weighted by atomic mass is 15.1. The van der Waals surface area contributed by atoms with Crippen molar-refractivity contribution >= 4 is 0 Å². The molecule has 3 heteroatoms. The predicted octanol–water partition coefficient (Wildman–Crippen LogP) is 20.3. The minimum atomic E-state index is 0.798. The summed E-state index contributed by atoms with van der Waals surface area (Å²) in [6.07, 6.45) is 64.4. The minimum absolute atomic E-state index is 0.798. The molecule has 1 rings (SSSR count). The van der Waals surface area contributed by atoms with E-state index in [1.54, 1.807) is 5.57 Å². The quantitative estimate of drug-likeness (QED) is 0.0485. The molecule has 1 saturated carbocycles. The van der Waals surface area contributed by atoms with Crippen LogP contribution < -0.4 is 5.32 Å². The Morgan fingerprint density at radius 3 is 1.33 bits per heavy atom. The van der Waals surface area contributed by atoms with E-state index in [0.717, 1.165) is 37.9 Å². The summed E-state index contributed by atoms with van der Waals surface area (Å²) in [6.45, 7) is 24.2. The molecule has 0 atom stereocenters. The summed E-state index contributed by atoms with van der Waals surface area (Å²) in [7, 11) is 4.33. The van der Waals surface area contributed by atoms with Crippen molar-refractivity contribution in [2.45, 2.75) is 309 Å². The molecular formula is C63H123N3. The largest absolute Gasteiger partial charge is 0.389 e. The van der Waals surface area contributed by atoms with Gasteiger partial charge < -0.3 is 15.1 Å². The lowest BCUT2D eigenvalue weighted by Crippen LogP contribution is -2.29. The summed E-state index contributed by atoms with van der Waals surface area (Å²) in [5.74, 6) is 1.73. The molecular weight excluding hydrogens is 799 g/mol. The Bertz CT molecular complexity index is 1010. The summed E-state index contributed by atoms with van der Waals surface area (Å²) >= 11 is 0. The Labute approximate surface area is 417 Å². The van der Waals surface area contributed by atoms with Gasteiger partial charge in [-0.05, 0) is 123 Å². The van der Waals surface area contributed by atoms with Gasteiger partial charge in [-0.15, -0.1) is 0 Å². The molecule has 0 radical (unpaired) electrons. The van der Waals surface area contributed by atoms with Crippen LogP contribution in [-0.4, -0.2) is 56.6 Å². The number of nitrogens with zero attached hydrogens (tertiary/aromatic N) is 2. The summed E-state index contributed by atoms with van der Waals surface area (Å²) in [6, 6.07) is 0. The van der Waals surface area contributed by atoms with Crippen molar-refractivity contribution in [2.75, 3.05) is 46.8 Å². The minimum Gasteiger partial charge on any atom is -0.389 e. The molecule has 0 aromatic rings. The summed E-state index contributed by atoms with van der Waals surface area (Å²) in [4.78, 5) is 5.05. The maximum absolute atomic E-state index is 4.69. The van der Waals surface area contributed by atoms with Gasteiger partial charge >= 0.3 is 0 Å². The average molecular weight is 923 g/mol. The van der Waals surface area contributed by atoms with E-state index in [0.29, 0.717) is 0 Å². The van der Waals surface area contributed by atoms with E-state index >= 15 is 0 Å². The molecule has 0 heterocycles. The molecule has 0 spiro atoms. The Morgan fingerprint density at radius 1 is 0.424 bits per heavy atom. The fourth-order valence-electron chi connectivity index (χ4n) is 10.9. The summed E-state index contributed by atoms with van der Waals surface area (Å²) in [5, 5.41) is 3.63. The number of allylic oxidation sites excluding steroid dienone is 2. The molecule has 66 heavy (non-hydrogen) atoms. The Kier molecular flexibility index (Phi) is 46.7. The second kappa shape index (κ2) is 48.9. The first-order chi connectivity index (χ1) is 32.3.